The van der Waals surface area contributed by atoms with Crippen molar-refractivity contribution in [3.05, 3.63) is 18.5 Å². The van der Waals surface area contributed by atoms with Crippen molar-refractivity contribution in [2.75, 3.05) is 17.6 Å². The molecule has 0 bridgehead atoms. The first kappa shape index (κ1) is 15.4. The maximum Gasteiger partial charge on any atom is 0.166 e. The monoisotopic (exact) mass is 289 g/mol. The lowest BCUT2D eigenvalue weighted by molar-refractivity contribution is 0.0586. The number of nitrogens with zero attached hydrogens (tertiary/aromatic N) is 3. The van der Waals surface area contributed by atoms with Crippen LogP contribution in [0.1, 0.15) is 33.6 Å². The third kappa shape index (κ3) is 4.26. The number of hydrogen-bond donors (Lipinski definition) is 3. The standard InChI is InChI=1S/C15H23N5O/c1-10(2)6-7-15(3,21)8-17-13-11-4-5-12(16)20-14(11)19-9-18-13/h4-5,9-10,21H,6-8H2,1-3H3,(H3,16,17,18,19,20)/t15-/m0/s1. The Morgan fingerprint density at radius 1 is 1.33 bits per heavy atom. The highest BCUT2D eigenvalue weighted by molar-refractivity contribution is 5.87. The number of fused-ring (bicyclic) bond motifs is 1. The minimum Gasteiger partial charge on any atom is -0.388 e. The molecule has 0 saturated carbocycles. The molecule has 0 unspecified atom stereocenters. The van der Waals surface area contributed by atoms with Crippen LogP contribution in [-0.2, 0) is 0 Å². The lowest BCUT2D eigenvalue weighted by Crippen LogP contribution is -2.34. The molecule has 0 aliphatic rings. The van der Waals surface area contributed by atoms with Crippen LogP contribution in [0.25, 0.3) is 11.0 Å². The third-order valence-electron chi connectivity index (χ3n) is 3.42. The lowest BCUT2D eigenvalue weighted by Gasteiger charge is -2.25. The Bertz CT molecular complexity index is 612. The van der Waals surface area contributed by atoms with Gasteiger partial charge in [0, 0.05) is 6.54 Å². The fraction of sp³-hybridized carbons (Fsp3) is 0.533. The van der Waals surface area contributed by atoms with Crippen LogP contribution in [0.5, 0.6) is 0 Å². The normalized spacial score (nSPS) is 14.3. The topological polar surface area (TPSA) is 97.0 Å². The molecule has 2 aromatic rings. The van der Waals surface area contributed by atoms with E-state index in [1.165, 1.54) is 6.33 Å². The van der Waals surface area contributed by atoms with Crippen LogP contribution in [0.15, 0.2) is 18.5 Å². The van der Waals surface area contributed by atoms with Gasteiger partial charge in [0.2, 0.25) is 0 Å². The second kappa shape index (κ2) is 6.22. The van der Waals surface area contributed by atoms with E-state index in [0.717, 1.165) is 18.2 Å². The van der Waals surface area contributed by atoms with E-state index in [4.69, 9.17) is 5.73 Å². The summed E-state index contributed by atoms with van der Waals surface area (Å²) in [6.07, 6.45) is 3.17. The van der Waals surface area contributed by atoms with Gasteiger partial charge in [-0.15, -0.1) is 0 Å². The summed E-state index contributed by atoms with van der Waals surface area (Å²) in [6, 6.07) is 3.55. The molecule has 6 heteroatoms. The number of aliphatic hydroxyl groups is 1. The van der Waals surface area contributed by atoms with Crippen molar-refractivity contribution in [1.29, 1.82) is 0 Å². The first-order valence-electron chi connectivity index (χ1n) is 7.21. The molecular formula is C15H23N5O. The van der Waals surface area contributed by atoms with Crippen molar-refractivity contribution in [3.8, 4) is 0 Å². The van der Waals surface area contributed by atoms with Gasteiger partial charge >= 0.3 is 0 Å². The molecule has 0 fully saturated rings. The Balaban J connectivity index is 2.10. The molecule has 114 valence electrons. The van der Waals surface area contributed by atoms with E-state index in [1.54, 1.807) is 6.07 Å². The molecule has 0 aliphatic carbocycles. The van der Waals surface area contributed by atoms with Gasteiger partial charge in [0.15, 0.2) is 5.65 Å². The van der Waals surface area contributed by atoms with Crippen molar-refractivity contribution >= 4 is 22.7 Å². The lowest BCUT2D eigenvalue weighted by atomic mass is 9.95. The Kier molecular flexibility index (Phi) is 4.57. The maximum absolute atomic E-state index is 10.4. The van der Waals surface area contributed by atoms with E-state index < -0.39 is 5.60 Å². The average molecular weight is 289 g/mol. The van der Waals surface area contributed by atoms with Crippen molar-refractivity contribution in [2.45, 2.75) is 39.2 Å². The van der Waals surface area contributed by atoms with E-state index in [9.17, 15) is 5.11 Å². The van der Waals surface area contributed by atoms with Gasteiger partial charge in [0.25, 0.3) is 0 Å². The molecule has 0 aliphatic heterocycles. The summed E-state index contributed by atoms with van der Waals surface area (Å²) < 4.78 is 0. The number of nitrogen functional groups attached to an aromatic ring is 1. The summed E-state index contributed by atoms with van der Waals surface area (Å²) in [7, 11) is 0. The van der Waals surface area contributed by atoms with E-state index in [0.29, 0.717) is 29.7 Å². The van der Waals surface area contributed by atoms with Gasteiger partial charge in [-0.2, -0.15) is 0 Å². The van der Waals surface area contributed by atoms with Gasteiger partial charge in [0.05, 0.1) is 11.0 Å². The summed E-state index contributed by atoms with van der Waals surface area (Å²) in [5.41, 5.74) is 5.43. The van der Waals surface area contributed by atoms with Crippen LogP contribution in [0.4, 0.5) is 11.6 Å². The van der Waals surface area contributed by atoms with Crippen LogP contribution < -0.4 is 11.1 Å². The molecule has 2 heterocycles. The van der Waals surface area contributed by atoms with E-state index >= 15 is 0 Å². The van der Waals surface area contributed by atoms with Gasteiger partial charge in [-0.25, -0.2) is 15.0 Å². The first-order chi connectivity index (χ1) is 9.87. The van der Waals surface area contributed by atoms with Crippen molar-refractivity contribution < 1.29 is 5.11 Å². The van der Waals surface area contributed by atoms with E-state index in [-0.39, 0.29) is 0 Å². The SMILES string of the molecule is CC(C)CC[C@](C)(O)CNc1ncnc2nc(N)ccc12. The highest BCUT2D eigenvalue weighted by Gasteiger charge is 2.21. The molecule has 4 N–H and O–H groups in total. The van der Waals surface area contributed by atoms with Crippen LogP contribution in [0.2, 0.25) is 0 Å². The summed E-state index contributed by atoms with van der Waals surface area (Å²) in [6.45, 7) is 6.56. The fourth-order valence-electron chi connectivity index (χ4n) is 2.06. The van der Waals surface area contributed by atoms with Crippen LogP contribution in [0, 0.1) is 5.92 Å². The minimum atomic E-state index is -0.775. The Morgan fingerprint density at radius 2 is 2.10 bits per heavy atom. The molecule has 21 heavy (non-hydrogen) atoms. The van der Waals surface area contributed by atoms with Gasteiger partial charge < -0.3 is 16.2 Å². The van der Waals surface area contributed by atoms with Gasteiger partial charge in [-0.05, 0) is 37.8 Å². The van der Waals surface area contributed by atoms with Crippen LogP contribution in [0.3, 0.4) is 0 Å². The second-order valence-corrected chi connectivity index (χ2v) is 6.11. The molecule has 0 amide bonds. The largest absolute Gasteiger partial charge is 0.388 e. The Hall–Kier alpha value is -1.95. The zero-order valence-electron chi connectivity index (χ0n) is 12.8. The number of aromatic nitrogens is 3. The molecule has 1 atom stereocenters. The first-order valence-corrected chi connectivity index (χ1v) is 7.21. The van der Waals surface area contributed by atoms with Crippen LogP contribution >= 0.6 is 0 Å². The van der Waals surface area contributed by atoms with E-state index in [1.807, 2.05) is 13.0 Å². The highest BCUT2D eigenvalue weighted by atomic mass is 16.3. The third-order valence-corrected chi connectivity index (χ3v) is 3.42. The Morgan fingerprint density at radius 3 is 2.81 bits per heavy atom. The highest BCUT2D eigenvalue weighted by Crippen LogP contribution is 2.21. The number of hydrogen-bond acceptors (Lipinski definition) is 6. The number of pyridine rings is 1. The molecule has 6 nitrogen and oxygen atoms in total. The summed E-state index contributed by atoms with van der Waals surface area (Å²) >= 11 is 0. The predicted molar refractivity (Wildman–Crippen MR) is 84.9 cm³/mol. The van der Waals surface area contributed by atoms with Crippen molar-refractivity contribution in [1.82, 2.24) is 15.0 Å². The number of anilines is 2. The molecule has 2 rings (SSSR count). The predicted octanol–water partition coefficient (Wildman–Crippen LogP) is 2.21. The number of nitrogens with one attached hydrogen (secondary N) is 1. The smallest absolute Gasteiger partial charge is 0.166 e. The van der Waals surface area contributed by atoms with Crippen LogP contribution in [-0.4, -0.2) is 32.2 Å². The molecule has 0 saturated heterocycles. The van der Waals surface area contributed by atoms with Gasteiger partial charge in [-0.1, -0.05) is 13.8 Å². The molecule has 0 aromatic carbocycles. The fourth-order valence-corrected chi connectivity index (χ4v) is 2.06. The number of rotatable bonds is 6. The average Bonchev–Trinajstić information content (AvgIpc) is 2.43. The van der Waals surface area contributed by atoms with Crippen molar-refractivity contribution in [3.63, 3.8) is 0 Å². The second-order valence-electron chi connectivity index (χ2n) is 6.11. The molecule has 2 aromatic heterocycles. The Labute approximate surface area is 124 Å². The maximum atomic E-state index is 10.4. The number of nitrogens with two attached hydrogens (primary N) is 1. The van der Waals surface area contributed by atoms with Crippen molar-refractivity contribution in [2.24, 2.45) is 5.92 Å². The summed E-state index contributed by atoms with van der Waals surface area (Å²) in [4.78, 5) is 12.5. The molecular weight excluding hydrogens is 266 g/mol. The van der Waals surface area contributed by atoms with Gasteiger partial charge in [0.1, 0.15) is 18.0 Å². The minimum absolute atomic E-state index is 0.427. The summed E-state index contributed by atoms with van der Waals surface area (Å²) in [5.74, 6) is 1.66. The molecule has 0 radical (unpaired) electrons. The quantitative estimate of drug-likeness (QED) is 0.754. The van der Waals surface area contributed by atoms with Gasteiger partial charge in [-0.3, -0.25) is 0 Å². The van der Waals surface area contributed by atoms with E-state index in [2.05, 4.69) is 34.1 Å². The zero-order chi connectivity index (χ0) is 15.5. The summed E-state index contributed by atoms with van der Waals surface area (Å²) in [5, 5.41) is 14.4. The zero-order valence-corrected chi connectivity index (χ0v) is 12.8. The molecule has 0 spiro atoms.